The number of nitrogens with one attached hydrogen (secondary N) is 3. The van der Waals surface area contributed by atoms with Gasteiger partial charge >= 0.3 is 0 Å². The summed E-state index contributed by atoms with van der Waals surface area (Å²) in [5.41, 5.74) is 6.53. The summed E-state index contributed by atoms with van der Waals surface area (Å²) in [7, 11) is -3.52. The number of nitrogens with two attached hydrogens (primary N) is 1. The predicted octanol–water partition coefficient (Wildman–Crippen LogP) is 3.85. The van der Waals surface area contributed by atoms with Gasteiger partial charge in [0.25, 0.3) is 0 Å². The molecule has 0 unspecified atom stereocenters. The standard InChI is InChI=1S/C24H31ClN6O2S/c25-19-9-11-20(12-10-19)34(32,33)29-16-18-7-5-17(6-8-18)15-28-24-30-22-4-2-1-3-21(22)23(31-24)27-14-13-26/h1-4,9-12,17-18,29H,5-8,13-16,26H2,(H2,27,28,30,31). The molecule has 0 radical (unpaired) electrons. The van der Waals surface area contributed by atoms with Gasteiger partial charge in [0.2, 0.25) is 16.0 Å². The Morgan fingerprint density at radius 1 is 0.912 bits per heavy atom. The van der Waals surface area contributed by atoms with Crippen LogP contribution in [0.15, 0.2) is 53.4 Å². The van der Waals surface area contributed by atoms with Crippen molar-refractivity contribution in [3.05, 3.63) is 53.6 Å². The lowest BCUT2D eigenvalue weighted by Gasteiger charge is -2.28. The fourth-order valence-electron chi connectivity index (χ4n) is 4.28. The molecule has 0 saturated heterocycles. The van der Waals surface area contributed by atoms with Gasteiger partial charge in [-0.3, -0.25) is 0 Å². The number of nitrogens with zero attached hydrogens (tertiary/aromatic N) is 2. The van der Waals surface area contributed by atoms with E-state index in [1.165, 1.54) is 12.1 Å². The zero-order valence-corrected chi connectivity index (χ0v) is 20.6. The molecule has 34 heavy (non-hydrogen) atoms. The average Bonchev–Trinajstić information content (AvgIpc) is 2.85. The highest BCUT2D eigenvalue weighted by molar-refractivity contribution is 7.89. The van der Waals surface area contributed by atoms with Gasteiger partial charge in [0.15, 0.2) is 0 Å². The van der Waals surface area contributed by atoms with Crippen LogP contribution in [-0.2, 0) is 10.0 Å². The summed E-state index contributed by atoms with van der Waals surface area (Å²) in [5, 5.41) is 8.18. The Balaban J connectivity index is 1.27. The molecule has 1 saturated carbocycles. The quantitative estimate of drug-likeness (QED) is 0.332. The van der Waals surface area contributed by atoms with Gasteiger partial charge < -0.3 is 16.4 Å². The Morgan fingerprint density at radius 3 is 2.29 bits per heavy atom. The fraction of sp³-hybridized carbons (Fsp3) is 0.417. The summed E-state index contributed by atoms with van der Waals surface area (Å²) in [6.45, 7) is 2.42. The summed E-state index contributed by atoms with van der Waals surface area (Å²) < 4.78 is 27.8. The monoisotopic (exact) mass is 502 g/mol. The zero-order chi connectivity index (χ0) is 24.0. The van der Waals surface area contributed by atoms with Crippen molar-refractivity contribution in [2.24, 2.45) is 17.6 Å². The summed E-state index contributed by atoms with van der Waals surface area (Å²) in [5.74, 6) is 2.23. The maximum atomic E-state index is 12.5. The number of hydrogen-bond acceptors (Lipinski definition) is 7. The van der Waals surface area contributed by atoms with Gasteiger partial charge in [0.1, 0.15) is 5.82 Å². The number of hydrogen-bond donors (Lipinski definition) is 4. The molecule has 1 heterocycles. The maximum Gasteiger partial charge on any atom is 0.240 e. The Labute approximate surface area is 205 Å². The van der Waals surface area contributed by atoms with Gasteiger partial charge in [-0.25, -0.2) is 18.1 Å². The first kappa shape index (κ1) is 24.7. The molecule has 0 atom stereocenters. The van der Waals surface area contributed by atoms with Gasteiger partial charge in [-0.15, -0.1) is 0 Å². The number of sulfonamides is 1. The van der Waals surface area contributed by atoms with Crippen molar-refractivity contribution in [1.82, 2.24) is 14.7 Å². The average molecular weight is 503 g/mol. The van der Waals surface area contributed by atoms with Crippen molar-refractivity contribution in [2.75, 3.05) is 36.8 Å². The van der Waals surface area contributed by atoms with E-state index in [1.54, 1.807) is 12.1 Å². The third-order valence-electron chi connectivity index (χ3n) is 6.24. The maximum absolute atomic E-state index is 12.5. The van der Waals surface area contributed by atoms with E-state index in [0.29, 0.717) is 42.4 Å². The van der Waals surface area contributed by atoms with E-state index in [0.717, 1.165) is 48.9 Å². The van der Waals surface area contributed by atoms with Crippen molar-refractivity contribution >= 4 is 44.3 Å². The van der Waals surface area contributed by atoms with E-state index in [-0.39, 0.29) is 4.90 Å². The number of para-hydroxylation sites is 1. The molecule has 1 aromatic heterocycles. The number of aromatic nitrogens is 2. The smallest absolute Gasteiger partial charge is 0.240 e. The molecule has 1 aliphatic rings. The molecular formula is C24H31ClN6O2S. The van der Waals surface area contributed by atoms with Crippen LogP contribution in [0.25, 0.3) is 10.9 Å². The molecule has 0 aliphatic heterocycles. The first-order valence-corrected chi connectivity index (χ1v) is 13.5. The lowest BCUT2D eigenvalue weighted by atomic mass is 9.82. The minimum absolute atomic E-state index is 0.241. The molecule has 2 aromatic carbocycles. The summed E-state index contributed by atoms with van der Waals surface area (Å²) >= 11 is 5.86. The van der Waals surface area contributed by atoms with Gasteiger partial charge in [-0.2, -0.15) is 4.98 Å². The van der Waals surface area contributed by atoms with Crippen LogP contribution in [0.3, 0.4) is 0 Å². The second-order valence-corrected chi connectivity index (χ2v) is 10.9. The van der Waals surface area contributed by atoms with Crippen LogP contribution in [0.2, 0.25) is 5.02 Å². The van der Waals surface area contributed by atoms with Crippen LogP contribution in [-0.4, -0.2) is 44.6 Å². The third kappa shape index (κ3) is 6.35. The highest BCUT2D eigenvalue weighted by Gasteiger charge is 2.23. The normalized spacial score (nSPS) is 18.6. The van der Waals surface area contributed by atoms with Crippen LogP contribution >= 0.6 is 11.6 Å². The molecule has 10 heteroatoms. The van der Waals surface area contributed by atoms with Crippen molar-refractivity contribution in [1.29, 1.82) is 0 Å². The molecule has 5 N–H and O–H groups in total. The minimum atomic E-state index is -3.52. The minimum Gasteiger partial charge on any atom is -0.368 e. The number of anilines is 2. The molecule has 182 valence electrons. The van der Waals surface area contributed by atoms with Gasteiger partial charge in [0.05, 0.1) is 10.4 Å². The van der Waals surface area contributed by atoms with E-state index >= 15 is 0 Å². The molecular weight excluding hydrogens is 472 g/mol. The Bertz CT molecular complexity index is 1200. The Hall–Kier alpha value is -2.46. The summed E-state index contributed by atoms with van der Waals surface area (Å²) in [6.07, 6.45) is 4.03. The van der Waals surface area contributed by atoms with Crippen LogP contribution in [0.5, 0.6) is 0 Å². The molecule has 0 spiro atoms. The van der Waals surface area contributed by atoms with Crippen LogP contribution in [0, 0.1) is 11.8 Å². The highest BCUT2D eigenvalue weighted by Crippen LogP contribution is 2.29. The van der Waals surface area contributed by atoms with Gasteiger partial charge in [0, 0.05) is 36.6 Å². The fourth-order valence-corrected chi connectivity index (χ4v) is 5.52. The molecule has 3 aromatic rings. The van der Waals surface area contributed by atoms with Crippen molar-refractivity contribution in [3.8, 4) is 0 Å². The van der Waals surface area contributed by atoms with E-state index in [9.17, 15) is 8.42 Å². The number of benzene rings is 2. The molecule has 0 amide bonds. The number of fused-ring (bicyclic) bond motifs is 1. The molecule has 4 rings (SSSR count). The molecule has 0 bridgehead atoms. The summed E-state index contributed by atoms with van der Waals surface area (Å²) in [4.78, 5) is 9.55. The number of rotatable bonds is 10. The van der Waals surface area contributed by atoms with Crippen molar-refractivity contribution < 1.29 is 8.42 Å². The molecule has 1 fully saturated rings. The highest BCUT2D eigenvalue weighted by atomic mass is 35.5. The topological polar surface area (TPSA) is 122 Å². The lowest BCUT2D eigenvalue weighted by molar-refractivity contribution is 0.284. The second-order valence-electron chi connectivity index (χ2n) is 8.70. The van der Waals surface area contributed by atoms with E-state index in [4.69, 9.17) is 17.3 Å². The SMILES string of the molecule is NCCNc1nc(NCC2CCC(CNS(=O)(=O)c3ccc(Cl)cc3)CC2)nc2ccccc12. The third-order valence-corrected chi connectivity index (χ3v) is 7.93. The van der Waals surface area contributed by atoms with Crippen LogP contribution in [0.4, 0.5) is 11.8 Å². The Morgan fingerprint density at radius 2 is 1.59 bits per heavy atom. The van der Waals surface area contributed by atoms with E-state index in [2.05, 4.69) is 25.3 Å². The second kappa shape index (κ2) is 11.3. The first-order valence-electron chi connectivity index (χ1n) is 11.6. The lowest BCUT2D eigenvalue weighted by Crippen LogP contribution is -2.32. The van der Waals surface area contributed by atoms with Gasteiger partial charge in [-0.1, -0.05) is 23.7 Å². The van der Waals surface area contributed by atoms with Crippen LogP contribution < -0.4 is 21.1 Å². The van der Waals surface area contributed by atoms with Crippen molar-refractivity contribution in [2.45, 2.75) is 30.6 Å². The zero-order valence-electron chi connectivity index (χ0n) is 19.0. The molecule has 1 aliphatic carbocycles. The summed E-state index contributed by atoms with van der Waals surface area (Å²) in [6, 6.07) is 14.1. The van der Waals surface area contributed by atoms with Crippen LogP contribution in [0.1, 0.15) is 25.7 Å². The Kier molecular flexibility index (Phi) is 8.20. The predicted molar refractivity (Wildman–Crippen MR) is 138 cm³/mol. The first-order chi connectivity index (χ1) is 16.4. The largest absolute Gasteiger partial charge is 0.368 e. The van der Waals surface area contributed by atoms with Gasteiger partial charge in [-0.05, 0) is 73.9 Å². The van der Waals surface area contributed by atoms with Crippen molar-refractivity contribution in [3.63, 3.8) is 0 Å². The van der Waals surface area contributed by atoms with E-state index < -0.39 is 10.0 Å². The number of halogens is 1. The molecule has 8 nitrogen and oxygen atoms in total. The van der Waals surface area contributed by atoms with E-state index in [1.807, 2.05) is 24.3 Å².